The molecular weight excluding hydrogens is 322 g/mol. The van der Waals surface area contributed by atoms with Crippen molar-refractivity contribution in [1.82, 2.24) is 10.3 Å². The number of amides is 2. The Morgan fingerprint density at radius 1 is 1.15 bits per heavy atom. The van der Waals surface area contributed by atoms with E-state index in [-0.39, 0.29) is 11.8 Å². The predicted molar refractivity (Wildman–Crippen MR) is 79.7 cm³/mol. The van der Waals surface area contributed by atoms with Gasteiger partial charge < -0.3 is 10.6 Å². The molecule has 0 atom stereocenters. The third-order valence-electron chi connectivity index (χ3n) is 2.61. The second kappa shape index (κ2) is 6.29. The van der Waals surface area contributed by atoms with E-state index in [1.165, 1.54) is 0 Å². The largest absolute Gasteiger partial charge is 0.355 e. The summed E-state index contributed by atoms with van der Waals surface area (Å²) >= 11 is 3.22. The Morgan fingerprint density at radius 3 is 2.65 bits per heavy atom. The number of nitrogens with zero attached hydrogens (tertiary/aromatic N) is 1. The smallest absolute Gasteiger partial charge is 0.258 e. The predicted octanol–water partition coefficient (Wildman–Crippen LogP) is 2.46. The molecule has 0 unspecified atom stereocenters. The SMILES string of the molecule is CNC(=O)c1cccc(NC(=O)c2cccnc2Br)c1. The number of pyridine rings is 1. The molecule has 0 radical (unpaired) electrons. The third kappa shape index (κ3) is 3.21. The van der Waals surface area contributed by atoms with E-state index in [0.717, 1.165) is 0 Å². The monoisotopic (exact) mass is 333 g/mol. The third-order valence-corrected chi connectivity index (χ3v) is 3.25. The first-order chi connectivity index (χ1) is 9.61. The van der Waals surface area contributed by atoms with Crippen LogP contribution in [0.25, 0.3) is 0 Å². The summed E-state index contributed by atoms with van der Waals surface area (Å²) in [7, 11) is 1.56. The zero-order valence-corrected chi connectivity index (χ0v) is 12.3. The fourth-order valence-electron chi connectivity index (χ4n) is 1.64. The van der Waals surface area contributed by atoms with Gasteiger partial charge in [0.1, 0.15) is 4.60 Å². The summed E-state index contributed by atoms with van der Waals surface area (Å²) in [6.45, 7) is 0. The highest BCUT2D eigenvalue weighted by Crippen LogP contribution is 2.16. The van der Waals surface area contributed by atoms with E-state index in [1.807, 2.05) is 0 Å². The zero-order valence-electron chi connectivity index (χ0n) is 10.7. The Bertz CT molecular complexity index is 658. The number of hydrogen-bond donors (Lipinski definition) is 2. The van der Waals surface area contributed by atoms with Gasteiger partial charge in [0.05, 0.1) is 5.56 Å². The molecule has 5 nitrogen and oxygen atoms in total. The average molecular weight is 334 g/mol. The van der Waals surface area contributed by atoms with Crippen LogP contribution in [0, 0.1) is 0 Å². The van der Waals surface area contributed by atoms with Gasteiger partial charge in [0, 0.05) is 24.5 Å². The summed E-state index contributed by atoms with van der Waals surface area (Å²) in [5.41, 5.74) is 1.46. The number of halogens is 1. The Hall–Kier alpha value is -2.21. The van der Waals surface area contributed by atoms with Crippen molar-refractivity contribution in [3.05, 3.63) is 58.3 Å². The molecule has 1 aromatic carbocycles. The summed E-state index contributed by atoms with van der Waals surface area (Å²) in [5, 5.41) is 5.26. The van der Waals surface area contributed by atoms with Crippen molar-refractivity contribution < 1.29 is 9.59 Å². The lowest BCUT2D eigenvalue weighted by Crippen LogP contribution is -2.18. The van der Waals surface area contributed by atoms with Gasteiger partial charge in [-0.1, -0.05) is 6.07 Å². The quantitative estimate of drug-likeness (QED) is 0.847. The maximum Gasteiger partial charge on any atom is 0.258 e. The van der Waals surface area contributed by atoms with Gasteiger partial charge >= 0.3 is 0 Å². The molecule has 0 aliphatic rings. The summed E-state index contributed by atoms with van der Waals surface area (Å²) in [6, 6.07) is 10.1. The Balaban J connectivity index is 2.20. The average Bonchev–Trinajstić information content (AvgIpc) is 2.47. The van der Waals surface area contributed by atoms with Crippen molar-refractivity contribution >= 4 is 33.4 Å². The fraction of sp³-hybridized carbons (Fsp3) is 0.0714. The molecule has 0 spiro atoms. The first-order valence-electron chi connectivity index (χ1n) is 5.86. The van der Waals surface area contributed by atoms with Crippen LogP contribution < -0.4 is 10.6 Å². The minimum Gasteiger partial charge on any atom is -0.355 e. The molecule has 0 saturated carbocycles. The van der Waals surface area contributed by atoms with Gasteiger partial charge in [0.15, 0.2) is 0 Å². The molecule has 20 heavy (non-hydrogen) atoms. The molecule has 2 aromatic rings. The molecule has 1 aromatic heterocycles. The molecule has 2 rings (SSSR count). The van der Waals surface area contributed by atoms with E-state index in [9.17, 15) is 9.59 Å². The van der Waals surface area contributed by atoms with E-state index >= 15 is 0 Å². The van der Waals surface area contributed by atoms with Crippen molar-refractivity contribution in [2.75, 3.05) is 12.4 Å². The number of nitrogens with one attached hydrogen (secondary N) is 2. The fourth-order valence-corrected chi connectivity index (χ4v) is 2.07. The number of benzene rings is 1. The molecule has 0 aliphatic heterocycles. The molecule has 2 N–H and O–H groups in total. The van der Waals surface area contributed by atoms with Crippen molar-refractivity contribution in [2.45, 2.75) is 0 Å². The number of carbonyl (C=O) groups excluding carboxylic acids is 2. The molecular formula is C14H12BrN3O2. The second-order valence-electron chi connectivity index (χ2n) is 3.96. The minimum absolute atomic E-state index is 0.205. The van der Waals surface area contributed by atoms with E-state index < -0.39 is 0 Å². The van der Waals surface area contributed by atoms with E-state index in [4.69, 9.17) is 0 Å². The van der Waals surface area contributed by atoms with Gasteiger partial charge in [-0.05, 0) is 46.3 Å². The number of carbonyl (C=O) groups is 2. The molecule has 2 amide bonds. The lowest BCUT2D eigenvalue weighted by Gasteiger charge is -2.07. The Labute approximate surface area is 124 Å². The second-order valence-corrected chi connectivity index (χ2v) is 4.71. The van der Waals surface area contributed by atoms with Crippen molar-refractivity contribution in [1.29, 1.82) is 0 Å². The van der Waals surface area contributed by atoms with Crippen LogP contribution in [0.4, 0.5) is 5.69 Å². The van der Waals surface area contributed by atoms with Crippen molar-refractivity contribution in [3.63, 3.8) is 0 Å². The number of aromatic nitrogens is 1. The van der Waals surface area contributed by atoms with Crippen LogP contribution in [0.15, 0.2) is 47.2 Å². The van der Waals surface area contributed by atoms with Crippen molar-refractivity contribution in [2.24, 2.45) is 0 Å². The van der Waals surface area contributed by atoms with Crippen LogP contribution in [0.2, 0.25) is 0 Å². The normalized spacial score (nSPS) is 9.90. The first-order valence-corrected chi connectivity index (χ1v) is 6.65. The highest BCUT2D eigenvalue weighted by atomic mass is 79.9. The van der Waals surface area contributed by atoms with Gasteiger partial charge in [-0.3, -0.25) is 9.59 Å². The van der Waals surface area contributed by atoms with Gasteiger partial charge in [-0.25, -0.2) is 4.98 Å². The first kappa shape index (κ1) is 14.2. The van der Waals surface area contributed by atoms with Crippen LogP contribution in [0.5, 0.6) is 0 Å². The summed E-state index contributed by atoms with van der Waals surface area (Å²) < 4.78 is 0.472. The Morgan fingerprint density at radius 2 is 1.95 bits per heavy atom. The minimum atomic E-state index is -0.293. The number of rotatable bonds is 3. The molecule has 0 fully saturated rings. The van der Waals surface area contributed by atoms with Crippen LogP contribution in [0.3, 0.4) is 0 Å². The standard InChI is InChI=1S/C14H12BrN3O2/c1-16-13(19)9-4-2-5-10(8-9)18-14(20)11-6-3-7-17-12(11)15/h2-8H,1H3,(H,16,19)(H,18,20). The molecule has 0 aliphatic carbocycles. The van der Waals surface area contributed by atoms with Crippen molar-refractivity contribution in [3.8, 4) is 0 Å². The molecule has 0 saturated heterocycles. The maximum absolute atomic E-state index is 12.1. The topological polar surface area (TPSA) is 71.1 Å². The molecule has 102 valence electrons. The maximum atomic E-state index is 12.1. The van der Waals surface area contributed by atoms with E-state index in [2.05, 4.69) is 31.5 Å². The molecule has 6 heteroatoms. The highest BCUT2D eigenvalue weighted by molar-refractivity contribution is 9.10. The lowest BCUT2D eigenvalue weighted by atomic mass is 10.2. The highest BCUT2D eigenvalue weighted by Gasteiger charge is 2.11. The van der Waals surface area contributed by atoms with Crippen LogP contribution >= 0.6 is 15.9 Å². The number of hydrogen-bond acceptors (Lipinski definition) is 3. The molecule has 0 bridgehead atoms. The van der Waals surface area contributed by atoms with Crippen LogP contribution in [-0.2, 0) is 0 Å². The van der Waals surface area contributed by atoms with Crippen LogP contribution in [-0.4, -0.2) is 23.8 Å². The Kier molecular flexibility index (Phi) is 4.47. The summed E-state index contributed by atoms with van der Waals surface area (Å²) in [6.07, 6.45) is 1.59. The summed E-state index contributed by atoms with van der Waals surface area (Å²) in [5.74, 6) is -0.498. The molecule has 1 heterocycles. The van der Waals surface area contributed by atoms with E-state index in [0.29, 0.717) is 21.4 Å². The van der Waals surface area contributed by atoms with Gasteiger partial charge in [0.2, 0.25) is 0 Å². The van der Waals surface area contributed by atoms with E-state index in [1.54, 1.807) is 49.6 Å². The van der Waals surface area contributed by atoms with Gasteiger partial charge in [0.25, 0.3) is 11.8 Å². The lowest BCUT2D eigenvalue weighted by molar-refractivity contribution is 0.0961. The summed E-state index contributed by atoms with van der Waals surface area (Å²) in [4.78, 5) is 27.6. The zero-order chi connectivity index (χ0) is 14.5. The van der Waals surface area contributed by atoms with Gasteiger partial charge in [-0.2, -0.15) is 0 Å². The van der Waals surface area contributed by atoms with Crippen LogP contribution in [0.1, 0.15) is 20.7 Å². The van der Waals surface area contributed by atoms with Gasteiger partial charge in [-0.15, -0.1) is 0 Å². The number of anilines is 1.